The lowest BCUT2D eigenvalue weighted by atomic mass is 10.3. The number of rotatable bonds is 7. The third-order valence-electron chi connectivity index (χ3n) is 3.79. The van der Waals surface area contributed by atoms with E-state index in [0.717, 1.165) is 27.1 Å². The monoisotopic (exact) mass is 372 g/mol. The molecule has 0 aliphatic rings. The molecule has 0 radical (unpaired) electrons. The second-order valence-corrected chi connectivity index (χ2v) is 6.74. The molecule has 1 atom stereocenters. The smallest absolute Gasteiger partial charge is 0.261 e. The van der Waals surface area contributed by atoms with Crippen LogP contribution in [0, 0.1) is 6.92 Å². The lowest BCUT2D eigenvalue weighted by Gasteiger charge is -2.14. The van der Waals surface area contributed by atoms with Crippen molar-refractivity contribution in [1.29, 1.82) is 0 Å². The van der Waals surface area contributed by atoms with Crippen molar-refractivity contribution in [2.75, 3.05) is 7.11 Å². The van der Waals surface area contributed by atoms with Crippen molar-refractivity contribution in [1.82, 2.24) is 10.3 Å². The van der Waals surface area contributed by atoms with E-state index < -0.39 is 6.10 Å². The first-order valence-corrected chi connectivity index (χ1v) is 8.97. The minimum Gasteiger partial charge on any atom is -0.497 e. The van der Waals surface area contributed by atoms with E-state index in [1.807, 2.05) is 19.1 Å². The Balaban J connectivity index is 1.56. The lowest BCUT2D eigenvalue weighted by molar-refractivity contribution is -0.127. The lowest BCUT2D eigenvalue weighted by Crippen LogP contribution is -2.35. The molecule has 0 aliphatic carbocycles. The molecule has 1 N–H and O–H groups in total. The third-order valence-corrected chi connectivity index (χ3v) is 4.96. The number of benzene rings is 1. The molecule has 1 amide bonds. The van der Waals surface area contributed by atoms with Gasteiger partial charge >= 0.3 is 0 Å². The van der Waals surface area contributed by atoms with Crippen molar-refractivity contribution in [3.8, 4) is 22.3 Å². The second-order valence-electron chi connectivity index (χ2n) is 5.66. The van der Waals surface area contributed by atoms with Crippen LogP contribution in [0.25, 0.3) is 10.8 Å². The highest BCUT2D eigenvalue weighted by Crippen LogP contribution is 2.28. The first kappa shape index (κ1) is 18.0. The van der Waals surface area contributed by atoms with Crippen LogP contribution in [0.3, 0.4) is 0 Å². The molecule has 0 saturated heterocycles. The van der Waals surface area contributed by atoms with Crippen molar-refractivity contribution in [3.63, 3.8) is 0 Å². The van der Waals surface area contributed by atoms with Gasteiger partial charge in [0.05, 0.1) is 25.6 Å². The SMILES string of the molecule is COc1ccc(OC(C)C(=O)NCc2sc(-c3ccco3)nc2C)cc1. The van der Waals surface area contributed by atoms with Gasteiger partial charge in [-0.1, -0.05) is 0 Å². The Labute approximate surface area is 155 Å². The minimum absolute atomic E-state index is 0.187. The number of thiazole rings is 1. The number of nitrogens with one attached hydrogen (secondary N) is 1. The van der Waals surface area contributed by atoms with Crippen molar-refractivity contribution in [2.45, 2.75) is 26.5 Å². The molecule has 26 heavy (non-hydrogen) atoms. The summed E-state index contributed by atoms with van der Waals surface area (Å²) in [6.07, 6.45) is 1.01. The van der Waals surface area contributed by atoms with Gasteiger partial charge in [-0.2, -0.15) is 0 Å². The van der Waals surface area contributed by atoms with Crippen LogP contribution in [-0.2, 0) is 11.3 Å². The first-order chi connectivity index (χ1) is 12.6. The zero-order valence-corrected chi connectivity index (χ0v) is 15.6. The van der Waals surface area contributed by atoms with Gasteiger partial charge in [0.1, 0.15) is 11.5 Å². The molecule has 6 nitrogen and oxygen atoms in total. The summed E-state index contributed by atoms with van der Waals surface area (Å²) in [6, 6.07) is 10.8. The molecule has 3 rings (SSSR count). The zero-order valence-electron chi connectivity index (χ0n) is 14.8. The predicted octanol–water partition coefficient (Wildman–Crippen LogP) is 3.80. The molecule has 0 saturated carbocycles. The molecule has 0 bridgehead atoms. The highest BCUT2D eigenvalue weighted by atomic mass is 32.1. The zero-order chi connectivity index (χ0) is 18.5. The number of amides is 1. The first-order valence-electron chi connectivity index (χ1n) is 8.15. The molecule has 3 aromatic rings. The number of aromatic nitrogens is 1. The minimum atomic E-state index is -0.610. The van der Waals surface area contributed by atoms with Crippen LogP contribution in [0.15, 0.2) is 47.1 Å². The van der Waals surface area contributed by atoms with Gasteiger partial charge in [0.2, 0.25) is 0 Å². The van der Waals surface area contributed by atoms with E-state index in [0.29, 0.717) is 12.3 Å². The Morgan fingerprint density at radius 3 is 2.65 bits per heavy atom. The molecule has 0 aliphatic heterocycles. The van der Waals surface area contributed by atoms with Gasteiger partial charge in [-0.25, -0.2) is 4.98 Å². The van der Waals surface area contributed by atoms with Crippen molar-refractivity contribution >= 4 is 17.2 Å². The van der Waals surface area contributed by atoms with Gasteiger partial charge in [0.15, 0.2) is 16.9 Å². The average Bonchev–Trinajstić information content (AvgIpc) is 3.30. The van der Waals surface area contributed by atoms with Crippen molar-refractivity contribution < 1.29 is 18.7 Å². The maximum atomic E-state index is 12.3. The summed E-state index contributed by atoms with van der Waals surface area (Å²) < 4.78 is 16.1. The van der Waals surface area contributed by atoms with Crippen LogP contribution in [0.2, 0.25) is 0 Å². The molecular formula is C19H20N2O4S. The van der Waals surface area contributed by atoms with Crippen LogP contribution in [0.4, 0.5) is 0 Å². The molecular weight excluding hydrogens is 352 g/mol. The van der Waals surface area contributed by atoms with E-state index in [9.17, 15) is 4.79 Å². The number of aryl methyl sites for hydroxylation is 1. The Morgan fingerprint density at radius 1 is 1.27 bits per heavy atom. The maximum Gasteiger partial charge on any atom is 0.261 e. The van der Waals surface area contributed by atoms with Crippen LogP contribution in [0.1, 0.15) is 17.5 Å². The van der Waals surface area contributed by atoms with E-state index in [4.69, 9.17) is 13.9 Å². The molecule has 0 fully saturated rings. The van der Waals surface area contributed by atoms with E-state index in [1.165, 1.54) is 11.3 Å². The van der Waals surface area contributed by atoms with Gasteiger partial charge in [0.25, 0.3) is 5.91 Å². The number of carbonyl (C=O) groups is 1. The van der Waals surface area contributed by atoms with E-state index >= 15 is 0 Å². The summed E-state index contributed by atoms with van der Waals surface area (Å²) in [6.45, 7) is 4.04. The van der Waals surface area contributed by atoms with Gasteiger partial charge in [-0.15, -0.1) is 11.3 Å². The summed E-state index contributed by atoms with van der Waals surface area (Å²) in [5.74, 6) is 1.89. The van der Waals surface area contributed by atoms with Gasteiger partial charge < -0.3 is 19.2 Å². The third kappa shape index (κ3) is 4.23. The number of carbonyl (C=O) groups excluding carboxylic acids is 1. The topological polar surface area (TPSA) is 73.6 Å². The molecule has 1 unspecified atom stereocenters. The van der Waals surface area contributed by atoms with Gasteiger partial charge in [-0.05, 0) is 50.2 Å². The van der Waals surface area contributed by atoms with Crippen LogP contribution < -0.4 is 14.8 Å². The molecule has 2 aromatic heterocycles. The summed E-state index contributed by atoms with van der Waals surface area (Å²) in [7, 11) is 1.60. The number of nitrogens with zero attached hydrogens (tertiary/aromatic N) is 1. The second kappa shape index (κ2) is 8.05. The van der Waals surface area contributed by atoms with Crippen molar-refractivity contribution in [3.05, 3.63) is 53.2 Å². The van der Waals surface area contributed by atoms with Gasteiger partial charge in [-0.3, -0.25) is 4.79 Å². The Hall–Kier alpha value is -2.80. The normalized spacial score (nSPS) is 11.8. The quantitative estimate of drug-likeness (QED) is 0.683. The number of furan rings is 1. The molecule has 1 aromatic carbocycles. The predicted molar refractivity (Wildman–Crippen MR) is 99.5 cm³/mol. The van der Waals surface area contributed by atoms with E-state index in [-0.39, 0.29) is 5.91 Å². The van der Waals surface area contributed by atoms with Crippen LogP contribution in [0.5, 0.6) is 11.5 Å². The van der Waals surface area contributed by atoms with Crippen molar-refractivity contribution in [2.24, 2.45) is 0 Å². The number of ether oxygens (including phenoxy) is 2. The average molecular weight is 372 g/mol. The maximum absolute atomic E-state index is 12.3. The highest BCUT2D eigenvalue weighted by molar-refractivity contribution is 7.15. The number of methoxy groups -OCH3 is 1. The summed E-state index contributed by atoms with van der Waals surface area (Å²) >= 11 is 1.50. The van der Waals surface area contributed by atoms with Gasteiger partial charge in [0, 0.05) is 4.88 Å². The van der Waals surface area contributed by atoms with Crippen LogP contribution in [-0.4, -0.2) is 24.1 Å². The molecule has 2 heterocycles. The fraction of sp³-hybridized carbons (Fsp3) is 0.263. The standard InChI is InChI=1S/C19H20N2O4S/c1-12-17(26-19(21-12)16-5-4-10-24-16)11-20-18(22)13(2)25-15-8-6-14(23-3)7-9-15/h4-10,13H,11H2,1-3H3,(H,20,22). The Kier molecular flexibility index (Phi) is 5.58. The summed E-state index contributed by atoms with van der Waals surface area (Å²) in [5.41, 5.74) is 0.880. The summed E-state index contributed by atoms with van der Waals surface area (Å²) in [5, 5.41) is 3.70. The van der Waals surface area contributed by atoms with E-state index in [1.54, 1.807) is 44.6 Å². The van der Waals surface area contributed by atoms with Crippen LogP contribution >= 0.6 is 11.3 Å². The molecule has 0 spiro atoms. The Morgan fingerprint density at radius 2 is 2.00 bits per heavy atom. The Bertz CT molecular complexity index is 856. The highest BCUT2D eigenvalue weighted by Gasteiger charge is 2.17. The summed E-state index contributed by atoms with van der Waals surface area (Å²) in [4.78, 5) is 17.8. The fourth-order valence-corrected chi connectivity index (χ4v) is 3.29. The fourth-order valence-electron chi connectivity index (χ4n) is 2.32. The molecule has 136 valence electrons. The van der Waals surface area contributed by atoms with E-state index in [2.05, 4.69) is 10.3 Å². The largest absolute Gasteiger partial charge is 0.497 e. The number of hydrogen-bond acceptors (Lipinski definition) is 6. The number of hydrogen-bond donors (Lipinski definition) is 1. The molecule has 7 heteroatoms.